The van der Waals surface area contributed by atoms with E-state index in [1.807, 2.05) is 23.1 Å². The molecule has 0 amide bonds. The largest absolute Gasteiger partial charge is 0.314 e. The molecule has 0 aromatic carbocycles. The van der Waals surface area contributed by atoms with Gasteiger partial charge in [-0.25, -0.2) is 0 Å². The summed E-state index contributed by atoms with van der Waals surface area (Å²) < 4.78 is 2.01. The fraction of sp³-hybridized carbons (Fsp3) is 0.786. The van der Waals surface area contributed by atoms with E-state index >= 15 is 0 Å². The molecule has 96 valence electrons. The van der Waals surface area contributed by atoms with Gasteiger partial charge in [0.2, 0.25) is 0 Å². The topological polar surface area (TPSA) is 29.9 Å². The quantitative estimate of drug-likeness (QED) is 0.768. The minimum absolute atomic E-state index is 0.770. The fourth-order valence-electron chi connectivity index (χ4n) is 2.83. The Labute approximate surface area is 105 Å². The zero-order valence-electron chi connectivity index (χ0n) is 10.9. The zero-order valence-corrected chi connectivity index (χ0v) is 10.9. The first-order chi connectivity index (χ1) is 8.38. The van der Waals surface area contributed by atoms with Crippen LogP contribution in [0.4, 0.5) is 0 Å². The maximum absolute atomic E-state index is 4.21. The maximum atomic E-state index is 4.21. The Kier molecular flexibility index (Phi) is 5.05. The molecule has 2 atom stereocenters. The molecule has 1 saturated carbocycles. The summed E-state index contributed by atoms with van der Waals surface area (Å²) in [6.07, 6.45) is 12.0. The van der Waals surface area contributed by atoms with Gasteiger partial charge in [0, 0.05) is 25.0 Å². The van der Waals surface area contributed by atoms with Crippen molar-refractivity contribution in [3.05, 3.63) is 18.5 Å². The summed E-state index contributed by atoms with van der Waals surface area (Å²) in [5.41, 5.74) is 0. The van der Waals surface area contributed by atoms with Gasteiger partial charge in [-0.3, -0.25) is 4.68 Å². The number of hydrogen-bond acceptors (Lipinski definition) is 2. The molecule has 3 nitrogen and oxygen atoms in total. The first kappa shape index (κ1) is 12.6. The standard InChI is InChI=1S/C14H25N3/c1-2-13-6-3-7-14(12-13)15-8-4-10-17-11-5-9-16-17/h5,9,11,13-15H,2-4,6-8,10,12H2,1H3. The van der Waals surface area contributed by atoms with E-state index < -0.39 is 0 Å². The molecule has 0 saturated heterocycles. The van der Waals surface area contributed by atoms with Gasteiger partial charge in [-0.1, -0.05) is 26.2 Å². The molecule has 2 rings (SSSR count). The third kappa shape index (κ3) is 4.15. The highest BCUT2D eigenvalue weighted by Crippen LogP contribution is 2.26. The summed E-state index contributed by atoms with van der Waals surface area (Å²) in [6, 6.07) is 2.76. The summed E-state index contributed by atoms with van der Waals surface area (Å²) in [6.45, 7) is 4.48. The monoisotopic (exact) mass is 235 g/mol. The van der Waals surface area contributed by atoms with Crippen LogP contribution < -0.4 is 5.32 Å². The van der Waals surface area contributed by atoms with Crippen LogP contribution in [0.15, 0.2) is 18.5 Å². The lowest BCUT2D eigenvalue weighted by Gasteiger charge is -2.29. The third-order valence-corrected chi connectivity index (χ3v) is 3.92. The number of nitrogens with zero attached hydrogens (tertiary/aromatic N) is 2. The van der Waals surface area contributed by atoms with Crippen LogP contribution >= 0.6 is 0 Å². The van der Waals surface area contributed by atoms with E-state index in [4.69, 9.17) is 0 Å². The Hall–Kier alpha value is -0.830. The maximum Gasteiger partial charge on any atom is 0.0489 e. The van der Waals surface area contributed by atoms with Crippen molar-refractivity contribution < 1.29 is 0 Å². The normalized spacial score (nSPS) is 25.0. The van der Waals surface area contributed by atoms with E-state index in [2.05, 4.69) is 17.3 Å². The van der Waals surface area contributed by atoms with E-state index in [1.165, 1.54) is 38.5 Å². The highest BCUT2D eigenvalue weighted by atomic mass is 15.3. The van der Waals surface area contributed by atoms with Gasteiger partial charge in [0.1, 0.15) is 0 Å². The van der Waals surface area contributed by atoms with Crippen molar-refractivity contribution >= 4 is 0 Å². The molecule has 1 aliphatic rings. The van der Waals surface area contributed by atoms with Gasteiger partial charge in [-0.2, -0.15) is 5.10 Å². The lowest BCUT2D eigenvalue weighted by atomic mass is 9.84. The SMILES string of the molecule is CCC1CCCC(NCCCn2cccn2)C1. The molecule has 0 radical (unpaired) electrons. The number of rotatable bonds is 6. The first-order valence-corrected chi connectivity index (χ1v) is 7.09. The van der Waals surface area contributed by atoms with Gasteiger partial charge in [-0.05, 0) is 37.8 Å². The smallest absolute Gasteiger partial charge is 0.0489 e. The minimum atomic E-state index is 0.770. The Morgan fingerprint density at radius 1 is 1.41 bits per heavy atom. The fourth-order valence-corrected chi connectivity index (χ4v) is 2.83. The van der Waals surface area contributed by atoms with Gasteiger partial charge in [0.15, 0.2) is 0 Å². The molecule has 3 heteroatoms. The number of nitrogens with one attached hydrogen (secondary N) is 1. The van der Waals surface area contributed by atoms with Crippen molar-refractivity contribution in [3.63, 3.8) is 0 Å². The second kappa shape index (κ2) is 6.80. The van der Waals surface area contributed by atoms with Crippen LogP contribution in [0.5, 0.6) is 0 Å². The van der Waals surface area contributed by atoms with Crippen molar-refractivity contribution in [2.24, 2.45) is 5.92 Å². The van der Waals surface area contributed by atoms with Gasteiger partial charge >= 0.3 is 0 Å². The Balaban J connectivity index is 1.58. The lowest BCUT2D eigenvalue weighted by Crippen LogP contribution is -2.35. The van der Waals surface area contributed by atoms with Crippen LogP contribution in [0.2, 0.25) is 0 Å². The van der Waals surface area contributed by atoms with Crippen molar-refractivity contribution in [1.29, 1.82) is 0 Å². The second-order valence-electron chi connectivity index (χ2n) is 5.21. The first-order valence-electron chi connectivity index (χ1n) is 7.09. The Bertz CT molecular complexity index is 294. The van der Waals surface area contributed by atoms with Crippen LogP contribution in [-0.2, 0) is 6.54 Å². The molecule has 1 heterocycles. The number of aryl methyl sites for hydroxylation is 1. The van der Waals surface area contributed by atoms with E-state index in [9.17, 15) is 0 Å². The van der Waals surface area contributed by atoms with E-state index in [0.717, 1.165) is 25.0 Å². The molecule has 1 aromatic heterocycles. The van der Waals surface area contributed by atoms with Crippen LogP contribution in [0.25, 0.3) is 0 Å². The number of hydrogen-bond donors (Lipinski definition) is 1. The summed E-state index contributed by atoms with van der Waals surface area (Å²) >= 11 is 0. The molecule has 1 aromatic rings. The molecule has 1 fully saturated rings. The average Bonchev–Trinajstić information content (AvgIpc) is 2.88. The molecule has 17 heavy (non-hydrogen) atoms. The molecule has 1 N–H and O–H groups in total. The predicted molar refractivity (Wildman–Crippen MR) is 70.9 cm³/mol. The Morgan fingerprint density at radius 2 is 2.35 bits per heavy atom. The predicted octanol–water partition coefficient (Wildman–Crippen LogP) is 2.83. The van der Waals surface area contributed by atoms with Crippen LogP contribution in [0.1, 0.15) is 45.4 Å². The van der Waals surface area contributed by atoms with Crippen molar-refractivity contribution in [3.8, 4) is 0 Å². The van der Waals surface area contributed by atoms with Crippen molar-refractivity contribution in [2.75, 3.05) is 6.54 Å². The highest BCUT2D eigenvalue weighted by Gasteiger charge is 2.19. The molecular formula is C14H25N3. The summed E-state index contributed by atoms with van der Waals surface area (Å²) in [5.74, 6) is 0.965. The molecule has 2 unspecified atom stereocenters. The van der Waals surface area contributed by atoms with E-state index in [1.54, 1.807) is 0 Å². The van der Waals surface area contributed by atoms with Crippen LogP contribution in [0.3, 0.4) is 0 Å². The lowest BCUT2D eigenvalue weighted by molar-refractivity contribution is 0.278. The third-order valence-electron chi connectivity index (χ3n) is 3.92. The Morgan fingerprint density at radius 3 is 3.12 bits per heavy atom. The van der Waals surface area contributed by atoms with E-state index in [-0.39, 0.29) is 0 Å². The highest BCUT2D eigenvalue weighted by molar-refractivity contribution is 4.79. The summed E-state index contributed by atoms with van der Waals surface area (Å²) in [5, 5.41) is 7.92. The molecule has 0 bridgehead atoms. The van der Waals surface area contributed by atoms with Gasteiger partial charge in [0.25, 0.3) is 0 Å². The van der Waals surface area contributed by atoms with Gasteiger partial charge < -0.3 is 5.32 Å². The number of aromatic nitrogens is 2. The van der Waals surface area contributed by atoms with Crippen LogP contribution in [0, 0.1) is 5.92 Å². The molecule has 1 aliphatic carbocycles. The second-order valence-corrected chi connectivity index (χ2v) is 5.21. The average molecular weight is 235 g/mol. The minimum Gasteiger partial charge on any atom is -0.314 e. The van der Waals surface area contributed by atoms with Crippen molar-refractivity contribution in [1.82, 2.24) is 15.1 Å². The van der Waals surface area contributed by atoms with Gasteiger partial charge in [-0.15, -0.1) is 0 Å². The molecular weight excluding hydrogens is 210 g/mol. The zero-order chi connectivity index (χ0) is 11.9. The molecule has 0 spiro atoms. The van der Waals surface area contributed by atoms with Crippen LogP contribution in [-0.4, -0.2) is 22.4 Å². The summed E-state index contributed by atoms with van der Waals surface area (Å²) in [4.78, 5) is 0. The van der Waals surface area contributed by atoms with Crippen molar-refractivity contribution in [2.45, 2.75) is 58.0 Å². The van der Waals surface area contributed by atoms with Gasteiger partial charge in [0.05, 0.1) is 0 Å². The molecule has 0 aliphatic heterocycles. The summed E-state index contributed by atoms with van der Waals surface area (Å²) in [7, 11) is 0. The van der Waals surface area contributed by atoms with E-state index in [0.29, 0.717) is 0 Å².